The van der Waals surface area contributed by atoms with Gasteiger partial charge in [-0.15, -0.1) is 0 Å². The molecule has 43 heavy (non-hydrogen) atoms. The lowest BCUT2D eigenvalue weighted by Crippen LogP contribution is -2.48. The van der Waals surface area contributed by atoms with E-state index in [1.807, 2.05) is 53.4 Å². The molecule has 10 nitrogen and oxygen atoms in total. The van der Waals surface area contributed by atoms with Gasteiger partial charge in [-0.1, -0.05) is 48.5 Å². The number of nitrogens with zero attached hydrogens (tertiary/aromatic N) is 4. The van der Waals surface area contributed by atoms with Crippen LogP contribution in [0.15, 0.2) is 83.7 Å². The molecule has 1 atom stereocenters. The molecule has 5 rings (SSSR count). The van der Waals surface area contributed by atoms with Crippen molar-refractivity contribution in [2.24, 2.45) is 0 Å². The molecule has 1 aliphatic rings. The largest absolute Gasteiger partial charge is 0.497 e. The number of para-hydroxylation sites is 1. The Morgan fingerprint density at radius 2 is 1.56 bits per heavy atom. The summed E-state index contributed by atoms with van der Waals surface area (Å²) in [6.07, 6.45) is -1.45. The van der Waals surface area contributed by atoms with Crippen molar-refractivity contribution in [2.45, 2.75) is 32.6 Å². The second-order valence-corrected chi connectivity index (χ2v) is 10.7. The van der Waals surface area contributed by atoms with Gasteiger partial charge in [0.05, 0.1) is 42.9 Å². The van der Waals surface area contributed by atoms with E-state index in [0.29, 0.717) is 66.5 Å². The number of piperazine rings is 1. The van der Waals surface area contributed by atoms with E-state index in [2.05, 4.69) is 4.90 Å². The average molecular weight is 585 g/mol. The lowest BCUT2D eigenvalue weighted by Gasteiger charge is -2.34. The maximum Gasteiger partial charge on any atom is 0.352 e. The molecule has 1 unspecified atom stereocenters. The summed E-state index contributed by atoms with van der Waals surface area (Å²) in [5, 5.41) is 0.545. The van der Waals surface area contributed by atoms with Gasteiger partial charge in [-0.25, -0.2) is 9.78 Å². The highest BCUT2D eigenvalue weighted by Crippen LogP contribution is 2.22. The molecule has 224 valence electrons. The fourth-order valence-corrected chi connectivity index (χ4v) is 5.13. The molecule has 1 aromatic heterocycles. The molecule has 1 aliphatic heterocycles. The van der Waals surface area contributed by atoms with Crippen molar-refractivity contribution in [3.05, 3.63) is 101 Å². The van der Waals surface area contributed by atoms with Crippen LogP contribution >= 0.6 is 0 Å². The Morgan fingerprint density at radius 1 is 0.860 bits per heavy atom. The number of rotatable bonds is 10. The van der Waals surface area contributed by atoms with Crippen molar-refractivity contribution in [1.82, 2.24) is 19.4 Å². The SMILES string of the molecule is COc1cccc(-n2c(CN3CCN(CC(=O)OC(C(=O)OC(C)C)c4ccccc4)CC3)nc3ccccc3c2=O)c1. The third-order valence-electron chi connectivity index (χ3n) is 7.26. The Bertz CT molecular complexity index is 1630. The van der Waals surface area contributed by atoms with Crippen LogP contribution in [0.3, 0.4) is 0 Å². The molecule has 0 bridgehead atoms. The number of benzene rings is 3. The molecule has 0 aliphatic carbocycles. The number of carbonyl (C=O) groups is 2. The smallest absolute Gasteiger partial charge is 0.352 e. The number of hydrogen-bond acceptors (Lipinski definition) is 9. The van der Waals surface area contributed by atoms with Crippen LogP contribution in [0.1, 0.15) is 31.3 Å². The van der Waals surface area contributed by atoms with Gasteiger partial charge in [0, 0.05) is 37.8 Å². The highest BCUT2D eigenvalue weighted by Gasteiger charge is 2.29. The third kappa shape index (κ3) is 7.28. The Labute approximate surface area is 250 Å². The molecule has 4 aromatic rings. The first-order valence-corrected chi connectivity index (χ1v) is 14.4. The molecule has 1 fully saturated rings. The Morgan fingerprint density at radius 3 is 2.28 bits per heavy atom. The maximum atomic E-state index is 13.6. The Kier molecular flexibility index (Phi) is 9.48. The standard InChI is InChI=1S/C33H36N4O6/c1-23(2)42-33(40)31(24-10-5-4-6-11-24)43-30(38)22-36-18-16-35(17-19-36)21-29-34-28-15-8-7-14-27(28)32(39)37(29)25-12-9-13-26(20-25)41-3/h4-15,20,23,31H,16-19,21-22H2,1-3H3. The zero-order chi connectivity index (χ0) is 30.3. The molecule has 0 amide bonds. The number of aromatic nitrogens is 2. The first-order valence-electron chi connectivity index (χ1n) is 14.4. The molecule has 0 spiro atoms. The van der Waals surface area contributed by atoms with E-state index in [-0.39, 0.29) is 18.2 Å². The molecule has 10 heteroatoms. The van der Waals surface area contributed by atoms with Gasteiger partial charge in [0.2, 0.25) is 6.10 Å². The van der Waals surface area contributed by atoms with Gasteiger partial charge in [-0.3, -0.25) is 24.0 Å². The number of fused-ring (bicyclic) bond motifs is 1. The van der Waals surface area contributed by atoms with Crippen LogP contribution in [0, 0.1) is 0 Å². The maximum absolute atomic E-state index is 13.6. The van der Waals surface area contributed by atoms with Crippen LogP contribution in [0.2, 0.25) is 0 Å². The summed E-state index contributed by atoms with van der Waals surface area (Å²) in [7, 11) is 1.59. The summed E-state index contributed by atoms with van der Waals surface area (Å²) in [6.45, 7) is 6.55. The van der Waals surface area contributed by atoms with Gasteiger partial charge in [0.1, 0.15) is 11.6 Å². The fourth-order valence-electron chi connectivity index (χ4n) is 5.13. The normalized spacial score (nSPS) is 14.9. The zero-order valence-electron chi connectivity index (χ0n) is 24.6. The average Bonchev–Trinajstić information content (AvgIpc) is 3.01. The highest BCUT2D eigenvalue weighted by molar-refractivity contribution is 5.81. The van der Waals surface area contributed by atoms with Gasteiger partial charge in [-0.05, 0) is 38.1 Å². The van der Waals surface area contributed by atoms with Crippen LogP contribution in [-0.2, 0) is 25.6 Å². The van der Waals surface area contributed by atoms with E-state index in [9.17, 15) is 14.4 Å². The van der Waals surface area contributed by atoms with Crippen LogP contribution < -0.4 is 10.3 Å². The van der Waals surface area contributed by atoms with Crippen molar-refractivity contribution >= 4 is 22.8 Å². The second kappa shape index (κ2) is 13.6. The number of hydrogen-bond donors (Lipinski definition) is 0. The number of methoxy groups -OCH3 is 1. The lowest BCUT2D eigenvalue weighted by atomic mass is 10.1. The molecular weight excluding hydrogens is 548 g/mol. The van der Waals surface area contributed by atoms with Crippen LogP contribution in [0.5, 0.6) is 5.75 Å². The minimum atomic E-state index is -1.12. The van der Waals surface area contributed by atoms with E-state index in [0.717, 1.165) is 0 Å². The first kappa shape index (κ1) is 29.9. The van der Waals surface area contributed by atoms with Crippen molar-refractivity contribution in [3.63, 3.8) is 0 Å². The topological polar surface area (TPSA) is 103 Å². The van der Waals surface area contributed by atoms with Crippen molar-refractivity contribution in [2.75, 3.05) is 39.8 Å². The highest BCUT2D eigenvalue weighted by atomic mass is 16.6. The molecule has 0 saturated carbocycles. The Balaban J connectivity index is 1.26. The predicted molar refractivity (Wildman–Crippen MR) is 162 cm³/mol. The van der Waals surface area contributed by atoms with Crippen LogP contribution in [-0.4, -0.2) is 77.2 Å². The van der Waals surface area contributed by atoms with Crippen molar-refractivity contribution in [3.8, 4) is 11.4 Å². The van der Waals surface area contributed by atoms with E-state index in [4.69, 9.17) is 19.2 Å². The summed E-state index contributed by atoms with van der Waals surface area (Å²) < 4.78 is 18.0. The zero-order valence-corrected chi connectivity index (χ0v) is 24.6. The molecular formula is C33H36N4O6. The molecule has 0 N–H and O–H groups in total. The second-order valence-electron chi connectivity index (χ2n) is 10.7. The molecule has 2 heterocycles. The summed E-state index contributed by atoms with van der Waals surface area (Å²) in [4.78, 5) is 48.4. The summed E-state index contributed by atoms with van der Waals surface area (Å²) >= 11 is 0. The number of carbonyl (C=O) groups excluding carboxylic acids is 2. The lowest BCUT2D eigenvalue weighted by molar-refractivity contribution is -0.172. The summed E-state index contributed by atoms with van der Waals surface area (Å²) in [5.74, 6) is 0.186. The number of esters is 2. The minimum absolute atomic E-state index is 0.0505. The van der Waals surface area contributed by atoms with E-state index in [1.54, 1.807) is 55.9 Å². The predicted octanol–water partition coefficient (Wildman–Crippen LogP) is 3.75. The van der Waals surface area contributed by atoms with Gasteiger partial charge < -0.3 is 14.2 Å². The van der Waals surface area contributed by atoms with Crippen molar-refractivity contribution < 1.29 is 23.8 Å². The fraction of sp³-hybridized carbons (Fsp3) is 0.333. The van der Waals surface area contributed by atoms with E-state index >= 15 is 0 Å². The Hall–Kier alpha value is -4.54. The van der Waals surface area contributed by atoms with Gasteiger partial charge >= 0.3 is 11.9 Å². The summed E-state index contributed by atoms with van der Waals surface area (Å²) in [6, 6.07) is 23.6. The first-order chi connectivity index (χ1) is 20.8. The minimum Gasteiger partial charge on any atom is -0.497 e. The number of ether oxygens (including phenoxy) is 3. The quantitative estimate of drug-likeness (QED) is 0.258. The molecule has 1 saturated heterocycles. The van der Waals surface area contributed by atoms with Crippen LogP contribution in [0.25, 0.3) is 16.6 Å². The van der Waals surface area contributed by atoms with Gasteiger partial charge in [0.15, 0.2) is 0 Å². The summed E-state index contributed by atoms with van der Waals surface area (Å²) in [5.41, 5.74) is 1.76. The van der Waals surface area contributed by atoms with Crippen LogP contribution in [0.4, 0.5) is 0 Å². The van der Waals surface area contributed by atoms with E-state index < -0.39 is 18.0 Å². The van der Waals surface area contributed by atoms with Crippen molar-refractivity contribution in [1.29, 1.82) is 0 Å². The third-order valence-corrected chi connectivity index (χ3v) is 7.26. The van der Waals surface area contributed by atoms with E-state index in [1.165, 1.54) is 0 Å². The monoisotopic (exact) mass is 584 g/mol. The molecule has 0 radical (unpaired) electrons. The van der Waals surface area contributed by atoms with Gasteiger partial charge in [0.25, 0.3) is 5.56 Å². The van der Waals surface area contributed by atoms with Gasteiger partial charge in [-0.2, -0.15) is 0 Å². The molecule has 3 aromatic carbocycles.